The van der Waals surface area contributed by atoms with Gasteiger partial charge in [-0.3, -0.25) is 0 Å². The van der Waals surface area contributed by atoms with Crippen molar-refractivity contribution < 1.29 is 14.6 Å². The average molecular weight is 262 g/mol. The summed E-state index contributed by atoms with van der Waals surface area (Å²) in [5.74, 6) is -0.00349. The van der Waals surface area contributed by atoms with Crippen LogP contribution in [0.25, 0.3) is 6.08 Å². The molecule has 0 aliphatic carbocycles. The fourth-order valence-corrected chi connectivity index (χ4v) is 2.29. The lowest BCUT2D eigenvalue weighted by molar-refractivity contribution is -0.131. The van der Waals surface area contributed by atoms with Crippen molar-refractivity contribution in [1.29, 1.82) is 0 Å². The van der Waals surface area contributed by atoms with Gasteiger partial charge in [-0.1, -0.05) is 0 Å². The van der Waals surface area contributed by atoms with Crippen molar-refractivity contribution in [3.05, 3.63) is 29.5 Å². The smallest absolute Gasteiger partial charge is 0.328 e. The Morgan fingerprint density at radius 2 is 2.42 bits per heavy atom. The number of ether oxygens (including phenoxy) is 1. The number of methoxy groups -OCH3 is 1. The van der Waals surface area contributed by atoms with E-state index >= 15 is 0 Å². The number of aliphatic carboxylic acids is 1. The maximum Gasteiger partial charge on any atom is 0.328 e. The second-order valence-corrected chi connectivity index (χ2v) is 4.67. The molecule has 0 amide bonds. The third kappa shape index (κ3) is 3.32. The Labute approximate surface area is 112 Å². The number of aryl methyl sites for hydroxylation is 1. The fraction of sp³-hybridized carbons (Fsp3) is 0.429. The van der Waals surface area contributed by atoms with Gasteiger partial charge in [-0.2, -0.15) is 0 Å². The first-order valence-electron chi connectivity index (χ1n) is 6.25. The van der Waals surface area contributed by atoms with Gasteiger partial charge in [0.1, 0.15) is 5.82 Å². The zero-order valence-corrected chi connectivity index (χ0v) is 11.2. The maximum absolute atomic E-state index is 10.5. The van der Waals surface area contributed by atoms with E-state index in [1.807, 2.05) is 13.0 Å². The number of anilines is 1. The summed E-state index contributed by atoms with van der Waals surface area (Å²) in [7, 11) is 1.73. The van der Waals surface area contributed by atoms with Crippen molar-refractivity contribution in [2.24, 2.45) is 0 Å². The van der Waals surface area contributed by atoms with E-state index in [-0.39, 0.29) is 6.10 Å². The summed E-state index contributed by atoms with van der Waals surface area (Å²) < 4.78 is 5.35. The fourth-order valence-electron chi connectivity index (χ4n) is 2.29. The topological polar surface area (TPSA) is 62.7 Å². The van der Waals surface area contributed by atoms with Gasteiger partial charge in [0.25, 0.3) is 0 Å². The van der Waals surface area contributed by atoms with E-state index in [1.165, 1.54) is 0 Å². The number of carboxylic acid groups (broad SMARTS) is 1. The quantitative estimate of drug-likeness (QED) is 0.837. The molecule has 0 spiro atoms. The van der Waals surface area contributed by atoms with Crippen LogP contribution in [-0.2, 0) is 9.53 Å². The van der Waals surface area contributed by atoms with Crippen LogP contribution in [0.3, 0.4) is 0 Å². The van der Waals surface area contributed by atoms with Gasteiger partial charge in [-0.15, -0.1) is 0 Å². The molecular weight excluding hydrogens is 244 g/mol. The summed E-state index contributed by atoms with van der Waals surface area (Å²) in [4.78, 5) is 17.1. The highest BCUT2D eigenvalue weighted by Crippen LogP contribution is 2.23. The SMILES string of the molecule is COC1CCN(c2ncc(/C=C/C(=O)O)cc2C)C1. The van der Waals surface area contributed by atoms with Crippen molar-refractivity contribution in [2.75, 3.05) is 25.1 Å². The molecule has 0 radical (unpaired) electrons. The van der Waals surface area contributed by atoms with Crippen molar-refractivity contribution in [3.8, 4) is 0 Å². The Morgan fingerprint density at radius 3 is 3.00 bits per heavy atom. The normalized spacial score (nSPS) is 19.3. The second kappa shape index (κ2) is 5.84. The zero-order valence-electron chi connectivity index (χ0n) is 11.2. The summed E-state index contributed by atoms with van der Waals surface area (Å²) in [6.45, 7) is 3.78. The Hall–Kier alpha value is -1.88. The van der Waals surface area contributed by atoms with E-state index in [0.29, 0.717) is 0 Å². The molecule has 0 aromatic carbocycles. The molecule has 1 aliphatic rings. The van der Waals surface area contributed by atoms with Crippen molar-refractivity contribution in [2.45, 2.75) is 19.4 Å². The Balaban J connectivity index is 2.13. The molecule has 1 aromatic heterocycles. The number of rotatable bonds is 4. The largest absolute Gasteiger partial charge is 0.478 e. The molecule has 1 N–H and O–H groups in total. The van der Waals surface area contributed by atoms with Gasteiger partial charge < -0.3 is 14.7 Å². The van der Waals surface area contributed by atoms with Crippen molar-refractivity contribution >= 4 is 17.9 Å². The van der Waals surface area contributed by atoms with Crippen LogP contribution < -0.4 is 4.90 Å². The van der Waals surface area contributed by atoms with Crippen LogP contribution in [0.1, 0.15) is 17.5 Å². The molecule has 1 aromatic rings. The monoisotopic (exact) mass is 262 g/mol. The zero-order chi connectivity index (χ0) is 13.8. The highest BCUT2D eigenvalue weighted by atomic mass is 16.5. The molecule has 1 atom stereocenters. The molecule has 0 bridgehead atoms. The molecule has 2 rings (SSSR count). The van der Waals surface area contributed by atoms with Crippen LogP contribution in [0.15, 0.2) is 18.3 Å². The Morgan fingerprint density at radius 1 is 1.63 bits per heavy atom. The van der Waals surface area contributed by atoms with Crippen LogP contribution in [0.4, 0.5) is 5.82 Å². The molecular formula is C14H18N2O3. The highest BCUT2D eigenvalue weighted by Gasteiger charge is 2.23. The van der Waals surface area contributed by atoms with E-state index in [0.717, 1.165) is 42.5 Å². The minimum Gasteiger partial charge on any atom is -0.478 e. The van der Waals surface area contributed by atoms with Crippen LogP contribution in [0.5, 0.6) is 0 Å². The van der Waals surface area contributed by atoms with Gasteiger partial charge in [0, 0.05) is 32.5 Å². The number of hydrogen-bond acceptors (Lipinski definition) is 4. The molecule has 1 aliphatic heterocycles. The second-order valence-electron chi connectivity index (χ2n) is 4.67. The van der Waals surface area contributed by atoms with E-state index in [1.54, 1.807) is 19.4 Å². The molecule has 1 saturated heterocycles. The number of carboxylic acids is 1. The number of carbonyl (C=O) groups is 1. The molecule has 19 heavy (non-hydrogen) atoms. The summed E-state index contributed by atoms with van der Waals surface area (Å²) in [5.41, 5.74) is 1.84. The first kappa shape index (κ1) is 13.5. The number of aromatic nitrogens is 1. The molecule has 1 unspecified atom stereocenters. The number of hydrogen-bond donors (Lipinski definition) is 1. The highest BCUT2D eigenvalue weighted by molar-refractivity contribution is 5.85. The summed E-state index contributed by atoms with van der Waals surface area (Å²) in [5, 5.41) is 8.60. The van der Waals surface area contributed by atoms with Crippen molar-refractivity contribution in [1.82, 2.24) is 4.98 Å². The van der Waals surface area contributed by atoms with Gasteiger partial charge in [-0.25, -0.2) is 9.78 Å². The van der Waals surface area contributed by atoms with Crippen LogP contribution >= 0.6 is 0 Å². The van der Waals surface area contributed by atoms with Gasteiger partial charge in [0.2, 0.25) is 0 Å². The average Bonchev–Trinajstić information content (AvgIpc) is 2.85. The summed E-state index contributed by atoms with van der Waals surface area (Å²) >= 11 is 0. The third-order valence-electron chi connectivity index (χ3n) is 3.27. The number of pyridine rings is 1. The minimum absolute atomic E-state index is 0.271. The van der Waals surface area contributed by atoms with Gasteiger partial charge in [0.15, 0.2) is 0 Å². The van der Waals surface area contributed by atoms with Gasteiger partial charge in [0.05, 0.1) is 6.10 Å². The van der Waals surface area contributed by atoms with Gasteiger partial charge >= 0.3 is 5.97 Å². The third-order valence-corrected chi connectivity index (χ3v) is 3.27. The molecule has 1 fully saturated rings. The van der Waals surface area contributed by atoms with Gasteiger partial charge in [-0.05, 0) is 36.6 Å². The first-order valence-corrected chi connectivity index (χ1v) is 6.25. The molecule has 0 saturated carbocycles. The Kier molecular flexibility index (Phi) is 4.16. The van der Waals surface area contributed by atoms with Crippen LogP contribution in [0.2, 0.25) is 0 Å². The lowest BCUT2D eigenvalue weighted by atomic mass is 10.2. The lowest BCUT2D eigenvalue weighted by Gasteiger charge is -2.19. The van der Waals surface area contributed by atoms with Crippen LogP contribution in [-0.4, -0.2) is 42.4 Å². The molecule has 5 heteroatoms. The minimum atomic E-state index is -0.954. The first-order chi connectivity index (χ1) is 9.10. The molecule has 2 heterocycles. The predicted molar refractivity (Wildman–Crippen MR) is 73.3 cm³/mol. The predicted octanol–water partition coefficient (Wildman–Crippen LogP) is 1.71. The van der Waals surface area contributed by atoms with E-state index < -0.39 is 5.97 Å². The van der Waals surface area contributed by atoms with Crippen molar-refractivity contribution in [3.63, 3.8) is 0 Å². The van der Waals surface area contributed by atoms with Crippen LogP contribution in [0, 0.1) is 6.92 Å². The molecule has 102 valence electrons. The van der Waals surface area contributed by atoms with E-state index in [9.17, 15) is 4.79 Å². The van der Waals surface area contributed by atoms with E-state index in [4.69, 9.17) is 9.84 Å². The summed E-state index contributed by atoms with van der Waals surface area (Å²) in [6.07, 6.45) is 5.65. The Bertz CT molecular complexity index is 499. The maximum atomic E-state index is 10.5. The van der Waals surface area contributed by atoms with E-state index in [2.05, 4.69) is 9.88 Å². The standard InChI is InChI=1S/C14H18N2O3/c1-10-7-11(3-4-13(17)18)8-15-14(10)16-6-5-12(9-16)19-2/h3-4,7-8,12H,5-6,9H2,1-2H3,(H,17,18)/b4-3+. The lowest BCUT2D eigenvalue weighted by Crippen LogP contribution is -2.23. The summed E-state index contributed by atoms with van der Waals surface area (Å²) in [6, 6.07) is 1.95. The number of nitrogens with zero attached hydrogens (tertiary/aromatic N) is 2. The molecule has 5 nitrogen and oxygen atoms in total.